The summed E-state index contributed by atoms with van der Waals surface area (Å²) in [7, 11) is 0. The number of hydrogen-bond donors (Lipinski definition) is 1. The Hall–Kier alpha value is -3.03. The number of aryl methyl sites for hydroxylation is 1. The predicted octanol–water partition coefficient (Wildman–Crippen LogP) is 1.73. The quantitative estimate of drug-likeness (QED) is 0.704. The molecule has 0 unspecified atom stereocenters. The van der Waals surface area contributed by atoms with Crippen LogP contribution < -0.4 is 5.56 Å². The Bertz CT molecular complexity index is 1110. The molecule has 1 spiro atoms. The third-order valence-electron chi connectivity index (χ3n) is 5.95. The number of carbonyl (C=O) groups is 1. The van der Waals surface area contributed by atoms with Gasteiger partial charge in [0.2, 0.25) is 11.4 Å². The molecule has 138 valence electrons. The molecule has 0 radical (unpaired) electrons. The minimum atomic E-state index is -0.159. The molecule has 0 saturated carbocycles. The van der Waals surface area contributed by atoms with Gasteiger partial charge in [-0.05, 0) is 44.7 Å². The smallest absolute Gasteiger partial charge is 0.293 e. The summed E-state index contributed by atoms with van der Waals surface area (Å²) in [5, 5.41) is 4.51. The van der Waals surface area contributed by atoms with E-state index in [0.717, 1.165) is 36.9 Å². The molecule has 3 aromatic heterocycles. The standard InChI is InChI=1S/C19H19N5O3/c1-11-21-15-13(17(25)22-11)4-5-19(15)6-9-24(10-7-19)18(26)14-12-3-2-8-20-16(12)23-27-14/h2-3,8H,4-7,9-10H2,1H3,(H,21,22,25). The number of H-pyrrole nitrogens is 1. The van der Waals surface area contributed by atoms with Gasteiger partial charge in [-0.15, -0.1) is 0 Å². The van der Waals surface area contributed by atoms with E-state index < -0.39 is 0 Å². The van der Waals surface area contributed by atoms with Crippen LogP contribution >= 0.6 is 0 Å². The fourth-order valence-corrected chi connectivity index (χ4v) is 4.47. The molecule has 4 heterocycles. The summed E-state index contributed by atoms with van der Waals surface area (Å²) in [6.45, 7) is 3.03. The van der Waals surface area contributed by atoms with E-state index >= 15 is 0 Å². The number of nitrogens with one attached hydrogen (secondary N) is 1. The summed E-state index contributed by atoms with van der Waals surface area (Å²) in [5.74, 6) is 0.735. The number of likely N-dealkylation sites (tertiary alicyclic amines) is 1. The molecule has 1 fully saturated rings. The van der Waals surface area contributed by atoms with Crippen molar-refractivity contribution in [3.8, 4) is 0 Å². The summed E-state index contributed by atoms with van der Waals surface area (Å²) in [6, 6.07) is 3.56. The zero-order chi connectivity index (χ0) is 18.6. The molecule has 0 atom stereocenters. The van der Waals surface area contributed by atoms with E-state index in [-0.39, 0.29) is 22.6 Å². The second-order valence-corrected chi connectivity index (χ2v) is 7.44. The summed E-state index contributed by atoms with van der Waals surface area (Å²) >= 11 is 0. The van der Waals surface area contributed by atoms with E-state index in [1.807, 2.05) is 6.92 Å². The number of rotatable bonds is 1. The highest BCUT2D eigenvalue weighted by atomic mass is 16.5. The first kappa shape index (κ1) is 16.2. The van der Waals surface area contributed by atoms with Crippen LogP contribution in [-0.4, -0.2) is 44.0 Å². The minimum absolute atomic E-state index is 0.0199. The largest absolute Gasteiger partial charge is 0.348 e. The number of piperidine rings is 1. The van der Waals surface area contributed by atoms with Crippen LogP contribution in [0.1, 0.15) is 46.9 Å². The highest BCUT2D eigenvalue weighted by Crippen LogP contribution is 2.44. The second kappa shape index (κ2) is 5.73. The Balaban J connectivity index is 1.40. The number of aromatic amines is 1. The topological polar surface area (TPSA) is 105 Å². The van der Waals surface area contributed by atoms with Crippen LogP contribution in [0.4, 0.5) is 0 Å². The molecule has 8 nitrogen and oxygen atoms in total. The van der Waals surface area contributed by atoms with Gasteiger partial charge in [0.15, 0.2) is 0 Å². The number of hydrogen-bond acceptors (Lipinski definition) is 6. The maximum atomic E-state index is 12.9. The molecule has 0 aromatic carbocycles. The number of carbonyl (C=O) groups excluding carboxylic acids is 1. The molecule has 1 aliphatic heterocycles. The van der Waals surface area contributed by atoms with Crippen molar-refractivity contribution in [3.63, 3.8) is 0 Å². The molecule has 3 aromatic rings. The first-order valence-electron chi connectivity index (χ1n) is 9.17. The second-order valence-electron chi connectivity index (χ2n) is 7.44. The van der Waals surface area contributed by atoms with Crippen LogP contribution in [0.25, 0.3) is 11.0 Å². The molecular weight excluding hydrogens is 346 g/mol. The maximum Gasteiger partial charge on any atom is 0.293 e. The number of fused-ring (bicyclic) bond motifs is 3. The van der Waals surface area contributed by atoms with Gasteiger partial charge in [-0.3, -0.25) is 9.59 Å². The van der Waals surface area contributed by atoms with Gasteiger partial charge in [0.25, 0.3) is 11.5 Å². The van der Waals surface area contributed by atoms with Crippen molar-refractivity contribution in [1.29, 1.82) is 0 Å². The molecule has 5 rings (SSSR count). The first-order valence-corrected chi connectivity index (χ1v) is 9.17. The average Bonchev–Trinajstić information content (AvgIpc) is 3.25. The van der Waals surface area contributed by atoms with E-state index in [0.29, 0.717) is 29.9 Å². The van der Waals surface area contributed by atoms with Crippen LogP contribution in [0.15, 0.2) is 27.6 Å². The Morgan fingerprint density at radius 3 is 2.93 bits per heavy atom. The van der Waals surface area contributed by atoms with Crippen molar-refractivity contribution >= 4 is 16.9 Å². The zero-order valence-electron chi connectivity index (χ0n) is 15.0. The summed E-state index contributed by atoms with van der Waals surface area (Å²) < 4.78 is 5.27. The highest BCUT2D eigenvalue weighted by Gasteiger charge is 2.45. The van der Waals surface area contributed by atoms with E-state index in [4.69, 9.17) is 4.52 Å². The van der Waals surface area contributed by atoms with Crippen LogP contribution in [0.5, 0.6) is 0 Å². The predicted molar refractivity (Wildman–Crippen MR) is 96.5 cm³/mol. The van der Waals surface area contributed by atoms with Gasteiger partial charge in [-0.25, -0.2) is 9.97 Å². The Kier molecular flexibility index (Phi) is 3.43. The van der Waals surface area contributed by atoms with Crippen LogP contribution in [-0.2, 0) is 11.8 Å². The third-order valence-corrected chi connectivity index (χ3v) is 5.95. The monoisotopic (exact) mass is 365 g/mol. The molecular formula is C19H19N5O3. The Morgan fingerprint density at radius 1 is 1.30 bits per heavy atom. The van der Waals surface area contributed by atoms with Gasteiger partial charge < -0.3 is 14.4 Å². The molecule has 2 aliphatic rings. The van der Waals surface area contributed by atoms with Crippen LogP contribution in [0, 0.1) is 6.92 Å². The van der Waals surface area contributed by atoms with Gasteiger partial charge in [0, 0.05) is 30.3 Å². The lowest BCUT2D eigenvalue weighted by Crippen LogP contribution is -2.44. The zero-order valence-corrected chi connectivity index (χ0v) is 15.0. The molecule has 27 heavy (non-hydrogen) atoms. The number of nitrogens with zero attached hydrogens (tertiary/aromatic N) is 4. The normalized spacial score (nSPS) is 18.2. The molecule has 1 N–H and O–H groups in total. The fraction of sp³-hybridized carbons (Fsp3) is 0.421. The maximum absolute atomic E-state index is 12.9. The van der Waals surface area contributed by atoms with Crippen molar-refractivity contribution in [3.05, 3.63) is 51.5 Å². The van der Waals surface area contributed by atoms with Crippen LogP contribution in [0.3, 0.4) is 0 Å². The first-order chi connectivity index (χ1) is 13.1. The van der Waals surface area contributed by atoms with E-state index in [1.54, 1.807) is 23.2 Å². The van der Waals surface area contributed by atoms with Crippen LogP contribution in [0.2, 0.25) is 0 Å². The van der Waals surface area contributed by atoms with Crippen molar-refractivity contribution in [2.24, 2.45) is 0 Å². The van der Waals surface area contributed by atoms with E-state index in [1.165, 1.54) is 0 Å². The van der Waals surface area contributed by atoms with Gasteiger partial charge in [0.05, 0.1) is 11.1 Å². The van der Waals surface area contributed by atoms with Crippen molar-refractivity contribution in [2.75, 3.05) is 13.1 Å². The third kappa shape index (κ3) is 2.39. The Labute approximate surface area is 154 Å². The SMILES string of the molecule is Cc1nc2c(c(=O)[nH]1)CCC21CCN(C(=O)c2onc3ncccc23)CC1. The molecule has 1 saturated heterocycles. The van der Waals surface area contributed by atoms with Gasteiger partial charge in [0.1, 0.15) is 5.82 Å². The van der Waals surface area contributed by atoms with Crippen molar-refractivity contribution < 1.29 is 9.32 Å². The van der Waals surface area contributed by atoms with Crippen molar-refractivity contribution in [2.45, 2.75) is 38.0 Å². The number of aromatic nitrogens is 4. The summed E-state index contributed by atoms with van der Waals surface area (Å²) in [5.41, 5.74) is 2.07. The van der Waals surface area contributed by atoms with E-state index in [2.05, 4.69) is 20.1 Å². The number of pyridine rings is 1. The molecule has 8 heteroatoms. The van der Waals surface area contributed by atoms with Crippen molar-refractivity contribution in [1.82, 2.24) is 25.0 Å². The highest BCUT2D eigenvalue weighted by molar-refractivity contribution is 6.02. The lowest BCUT2D eigenvalue weighted by atomic mass is 9.76. The molecule has 0 bridgehead atoms. The molecule has 1 amide bonds. The lowest BCUT2D eigenvalue weighted by molar-refractivity contribution is 0.0625. The Morgan fingerprint density at radius 2 is 2.11 bits per heavy atom. The summed E-state index contributed by atoms with van der Waals surface area (Å²) in [4.78, 5) is 38.5. The lowest BCUT2D eigenvalue weighted by Gasteiger charge is -2.39. The van der Waals surface area contributed by atoms with Gasteiger partial charge in [-0.2, -0.15) is 0 Å². The minimum Gasteiger partial charge on any atom is -0.348 e. The van der Waals surface area contributed by atoms with E-state index in [9.17, 15) is 9.59 Å². The molecule has 1 aliphatic carbocycles. The summed E-state index contributed by atoms with van der Waals surface area (Å²) in [6.07, 6.45) is 4.89. The van der Waals surface area contributed by atoms with Gasteiger partial charge >= 0.3 is 0 Å². The van der Waals surface area contributed by atoms with Gasteiger partial charge in [-0.1, -0.05) is 5.16 Å². The number of amides is 1. The fourth-order valence-electron chi connectivity index (χ4n) is 4.47. The average molecular weight is 365 g/mol.